The first kappa shape index (κ1) is 13.3. The van der Waals surface area contributed by atoms with Crippen LogP contribution in [0.2, 0.25) is 0 Å². The highest BCUT2D eigenvalue weighted by Gasteiger charge is 2.22. The van der Waals surface area contributed by atoms with E-state index >= 15 is 0 Å². The van der Waals surface area contributed by atoms with Crippen LogP contribution in [0.4, 0.5) is 4.39 Å². The Morgan fingerprint density at radius 2 is 2.11 bits per heavy atom. The van der Waals surface area contributed by atoms with Gasteiger partial charge in [0, 0.05) is 18.2 Å². The van der Waals surface area contributed by atoms with Crippen molar-refractivity contribution in [2.75, 3.05) is 0 Å². The lowest BCUT2D eigenvalue weighted by atomic mass is 10.1. The van der Waals surface area contributed by atoms with Crippen molar-refractivity contribution in [3.8, 4) is 5.75 Å². The summed E-state index contributed by atoms with van der Waals surface area (Å²) in [4.78, 5) is 0. The van der Waals surface area contributed by atoms with Crippen LogP contribution in [0.15, 0.2) is 18.2 Å². The van der Waals surface area contributed by atoms with Gasteiger partial charge in [-0.1, -0.05) is 6.92 Å². The molecule has 0 aromatic heterocycles. The fourth-order valence-corrected chi connectivity index (χ4v) is 1.70. The van der Waals surface area contributed by atoms with Crippen molar-refractivity contribution in [2.45, 2.75) is 58.2 Å². The molecule has 0 radical (unpaired) electrons. The summed E-state index contributed by atoms with van der Waals surface area (Å²) in [5.41, 5.74) is 0.690. The molecule has 1 aliphatic carbocycles. The molecular weight excluding hydrogens is 229 g/mol. The van der Waals surface area contributed by atoms with Gasteiger partial charge in [-0.15, -0.1) is 0 Å². The maximum atomic E-state index is 13.3. The monoisotopic (exact) mass is 251 g/mol. The van der Waals surface area contributed by atoms with E-state index < -0.39 is 0 Å². The van der Waals surface area contributed by atoms with E-state index in [1.165, 1.54) is 18.9 Å². The number of halogens is 1. The second-order valence-electron chi connectivity index (χ2n) is 5.62. The standard InChI is InChI=1S/C15H22FNO/c1-4-15(2,3)18-14-8-5-12(16)9-11(14)10-17-13-6-7-13/h5,8-9,13,17H,4,6-7,10H2,1-3H3. The molecule has 1 N–H and O–H groups in total. The number of nitrogens with one attached hydrogen (secondary N) is 1. The van der Waals surface area contributed by atoms with Crippen LogP contribution in [-0.2, 0) is 6.54 Å². The molecular formula is C15H22FNO. The Bertz CT molecular complexity index is 413. The smallest absolute Gasteiger partial charge is 0.124 e. The molecule has 18 heavy (non-hydrogen) atoms. The zero-order valence-electron chi connectivity index (χ0n) is 11.4. The largest absolute Gasteiger partial charge is 0.488 e. The van der Waals surface area contributed by atoms with Crippen LogP contribution < -0.4 is 10.1 Å². The molecule has 3 heteroatoms. The van der Waals surface area contributed by atoms with E-state index in [0.717, 1.165) is 17.7 Å². The Labute approximate surface area is 109 Å². The van der Waals surface area contributed by atoms with Crippen LogP contribution in [0.1, 0.15) is 45.6 Å². The molecule has 0 unspecified atom stereocenters. The number of ether oxygens (including phenoxy) is 1. The van der Waals surface area contributed by atoms with Crippen molar-refractivity contribution >= 4 is 0 Å². The topological polar surface area (TPSA) is 21.3 Å². The average molecular weight is 251 g/mol. The summed E-state index contributed by atoms with van der Waals surface area (Å²) in [6.45, 7) is 6.87. The van der Waals surface area contributed by atoms with Crippen LogP contribution in [0, 0.1) is 5.82 Å². The zero-order valence-corrected chi connectivity index (χ0v) is 11.4. The molecule has 1 aromatic rings. The lowest BCUT2D eigenvalue weighted by Gasteiger charge is -2.26. The molecule has 2 rings (SSSR count). The van der Waals surface area contributed by atoms with Gasteiger partial charge in [-0.2, -0.15) is 0 Å². The third-order valence-electron chi connectivity index (χ3n) is 3.42. The maximum Gasteiger partial charge on any atom is 0.124 e. The van der Waals surface area contributed by atoms with E-state index in [0.29, 0.717) is 12.6 Å². The van der Waals surface area contributed by atoms with E-state index in [4.69, 9.17) is 4.74 Å². The molecule has 0 bridgehead atoms. The second kappa shape index (κ2) is 5.27. The Hall–Kier alpha value is -1.09. The van der Waals surface area contributed by atoms with Crippen molar-refractivity contribution in [3.63, 3.8) is 0 Å². The zero-order chi connectivity index (χ0) is 13.2. The van der Waals surface area contributed by atoms with Crippen molar-refractivity contribution < 1.29 is 9.13 Å². The van der Waals surface area contributed by atoms with Gasteiger partial charge in [0.1, 0.15) is 17.2 Å². The molecule has 1 aromatic carbocycles. The Balaban J connectivity index is 2.11. The number of hydrogen-bond donors (Lipinski definition) is 1. The summed E-state index contributed by atoms with van der Waals surface area (Å²) in [7, 11) is 0. The first-order valence-corrected chi connectivity index (χ1v) is 6.71. The predicted molar refractivity (Wildman–Crippen MR) is 71.3 cm³/mol. The minimum absolute atomic E-state index is 0.204. The van der Waals surface area contributed by atoms with Crippen LogP contribution in [0.25, 0.3) is 0 Å². The first-order valence-electron chi connectivity index (χ1n) is 6.71. The maximum absolute atomic E-state index is 13.3. The average Bonchev–Trinajstić information content (AvgIpc) is 3.13. The van der Waals surface area contributed by atoms with Gasteiger partial charge in [0.05, 0.1) is 0 Å². The first-order chi connectivity index (χ1) is 8.50. The second-order valence-corrected chi connectivity index (χ2v) is 5.62. The summed E-state index contributed by atoms with van der Waals surface area (Å²) in [6.07, 6.45) is 3.37. The van der Waals surface area contributed by atoms with Crippen molar-refractivity contribution in [2.24, 2.45) is 0 Å². The van der Waals surface area contributed by atoms with E-state index in [2.05, 4.69) is 26.1 Å². The van der Waals surface area contributed by atoms with Crippen LogP contribution in [0.5, 0.6) is 5.75 Å². The molecule has 2 nitrogen and oxygen atoms in total. The fraction of sp³-hybridized carbons (Fsp3) is 0.600. The van der Waals surface area contributed by atoms with Gasteiger partial charge >= 0.3 is 0 Å². The van der Waals surface area contributed by atoms with Crippen molar-refractivity contribution in [1.29, 1.82) is 0 Å². The highest BCUT2D eigenvalue weighted by molar-refractivity contribution is 5.34. The molecule has 100 valence electrons. The van der Waals surface area contributed by atoms with E-state index in [-0.39, 0.29) is 11.4 Å². The summed E-state index contributed by atoms with van der Waals surface area (Å²) < 4.78 is 19.3. The highest BCUT2D eigenvalue weighted by Crippen LogP contribution is 2.27. The van der Waals surface area contributed by atoms with Gasteiger partial charge in [0.15, 0.2) is 0 Å². The summed E-state index contributed by atoms with van der Waals surface area (Å²) in [6, 6.07) is 5.37. The Morgan fingerprint density at radius 3 is 2.72 bits per heavy atom. The van der Waals surface area contributed by atoms with Crippen molar-refractivity contribution in [1.82, 2.24) is 5.32 Å². The molecule has 1 fully saturated rings. The molecule has 0 amide bonds. The molecule has 1 aliphatic rings. The van der Waals surface area contributed by atoms with Gasteiger partial charge in [0.25, 0.3) is 0 Å². The lowest BCUT2D eigenvalue weighted by molar-refractivity contribution is 0.103. The van der Waals surface area contributed by atoms with Crippen LogP contribution in [-0.4, -0.2) is 11.6 Å². The minimum atomic E-state index is -0.216. The summed E-state index contributed by atoms with van der Waals surface area (Å²) in [5, 5.41) is 3.40. The Morgan fingerprint density at radius 1 is 1.39 bits per heavy atom. The molecule has 0 spiro atoms. The molecule has 0 heterocycles. The number of rotatable bonds is 6. The number of hydrogen-bond acceptors (Lipinski definition) is 2. The van der Waals surface area contributed by atoms with Gasteiger partial charge in [-0.25, -0.2) is 4.39 Å². The van der Waals surface area contributed by atoms with E-state index in [1.54, 1.807) is 12.1 Å². The molecule has 0 atom stereocenters. The SMILES string of the molecule is CCC(C)(C)Oc1ccc(F)cc1CNC1CC1. The van der Waals surface area contributed by atoms with Gasteiger partial charge in [0.2, 0.25) is 0 Å². The van der Waals surface area contributed by atoms with Gasteiger partial charge in [-0.3, -0.25) is 0 Å². The quantitative estimate of drug-likeness (QED) is 0.833. The number of benzene rings is 1. The Kier molecular flexibility index (Phi) is 3.91. The van der Waals surface area contributed by atoms with Crippen LogP contribution in [0.3, 0.4) is 0 Å². The van der Waals surface area contributed by atoms with Gasteiger partial charge in [-0.05, 0) is 51.3 Å². The predicted octanol–water partition coefficient (Wildman–Crippen LogP) is 3.65. The van der Waals surface area contributed by atoms with Crippen molar-refractivity contribution in [3.05, 3.63) is 29.6 Å². The lowest BCUT2D eigenvalue weighted by Crippen LogP contribution is -2.28. The van der Waals surface area contributed by atoms with Gasteiger partial charge < -0.3 is 10.1 Å². The molecule has 1 saturated carbocycles. The molecule has 0 saturated heterocycles. The minimum Gasteiger partial charge on any atom is -0.488 e. The van der Waals surface area contributed by atoms with E-state index in [9.17, 15) is 4.39 Å². The van der Waals surface area contributed by atoms with Crippen LogP contribution >= 0.6 is 0 Å². The molecule has 0 aliphatic heterocycles. The van der Waals surface area contributed by atoms with E-state index in [1.807, 2.05) is 0 Å². The third kappa shape index (κ3) is 3.70. The highest BCUT2D eigenvalue weighted by atomic mass is 19.1. The third-order valence-corrected chi connectivity index (χ3v) is 3.42. The summed E-state index contributed by atoms with van der Waals surface area (Å²) >= 11 is 0. The summed E-state index contributed by atoms with van der Waals surface area (Å²) in [5.74, 6) is 0.584. The fourth-order valence-electron chi connectivity index (χ4n) is 1.70. The normalized spacial score (nSPS) is 15.8.